The van der Waals surface area contributed by atoms with Gasteiger partial charge in [-0.3, -0.25) is 4.79 Å². The summed E-state index contributed by atoms with van der Waals surface area (Å²) in [6.07, 6.45) is 4.29. The number of hydrogen-bond donors (Lipinski definition) is 1. The monoisotopic (exact) mass is 212 g/mol. The third-order valence-corrected chi connectivity index (χ3v) is 3.62. The van der Waals surface area contributed by atoms with Gasteiger partial charge in [-0.2, -0.15) is 0 Å². The average Bonchev–Trinajstić information content (AvgIpc) is 2.28. The van der Waals surface area contributed by atoms with Crippen molar-refractivity contribution in [3.8, 4) is 0 Å². The minimum atomic E-state index is -0.231. The molecule has 1 saturated heterocycles. The number of hydrogen-bond acceptors (Lipinski definition) is 2. The Morgan fingerprint density at radius 1 is 1.47 bits per heavy atom. The predicted octanol–water partition coefficient (Wildman–Crippen LogP) is 1.76. The molecule has 15 heavy (non-hydrogen) atoms. The summed E-state index contributed by atoms with van der Waals surface area (Å²) in [6.45, 7) is 7.62. The summed E-state index contributed by atoms with van der Waals surface area (Å²) in [4.78, 5) is 14.3. The van der Waals surface area contributed by atoms with Gasteiger partial charge in [-0.15, -0.1) is 0 Å². The van der Waals surface area contributed by atoms with E-state index >= 15 is 0 Å². The Bertz CT molecular complexity index is 226. The van der Waals surface area contributed by atoms with E-state index in [9.17, 15) is 4.79 Å². The van der Waals surface area contributed by atoms with Crippen molar-refractivity contribution < 1.29 is 4.79 Å². The lowest BCUT2D eigenvalue weighted by Crippen LogP contribution is -2.51. The summed E-state index contributed by atoms with van der Waals surface area (Å²) in [6, 6.07) is 0.275. The highest BCUT2D eigenvalue weighted by atomic mass is 16.2. The van der Waals surface area contributed by atoms with Gasteiger partial charge in [0.05, 0.1) is 0 Å². The maximum Gasteiger partial charge on any atom is 0.228 e. The number of likely N-dealkylation sites (tertiary alicyclic amines) is 1. The van der Waals surface area contributed by atoms with Crippen LogP contribution in [0.5, 0.6) is 0 Å². The third kappa shape index (κ3) is 2.71. The minimum absolute atomic E-state index is 0.231. The van der Waals surface area contributed by atoms with Crippen LogP contribution >= 0.6 is 0 Å². The molecule has 0 radical (unpaired) electrons. The van der Waals surface area contributed by atoms with Crippen LogP contribution in [-0.2, 0) is 4.79 Å². The number of rotatable bonds is 3. The van der Waals surface area contributed by atoms with Gasteiger partial charge in [-0.1, -0.05) is 20.8 Å². The van der Waals surface area contributed by atoms with Gasteiger partial charge in [-0.05, 0) is 25.7 Å². The summed E-state index contributed by atoms with van der Waals surface area (Å²) in [7, 11) is 0. The normalized spacial score (nSPS) is 22.9. The van der Waals surface area contributed by atoms with Crippen LogP contribution in [0.3, 0.4) is 0 Å². The summed E-state index contributed by atoms with van der Waals surface area (Å²) in [5.74, 6) is 0.278. The van der Waals surface area contributed by atoms with Crippen molar-refractivity contribution in [1.29, 1.82) is 0 Å². The van der Waals surface area contributed by atoms with Gasteiger partial charge in [0.1, 0.15) is 0 Å². The SMILES string of the molecule is CCC(C)(C)C(=O)N1CCCCC1CN. The van der Waals surface area contributed by atoms with E-state index in [4.69, 9.17) is 5.73 Å². The summed E-state index contributed by atoms with van der Waals surface area (Å²) >= 11 is 0. The predicted molar refractivity (Wildman–Crippen MR) is 62.5 cm³/mol. The molecule has 1 heterocycles. The third-order valence-electron chi connectivity index (χ3n) is 3.62. The largest absolute Gasteiger partial charge is 0.338 e. The lowest BCUT2D eigenvalue weighted by atomic mass is 9.86. The molecule has 3 nitrogen and oxygen atoms in total. The molecule has 0 saturated carbocycles. The first-order valence-electron chi connectivity index (χ1n) is 6.04. The maximum absolute atomic E-state index is 12.3. The molecule has 1 unspecified atom stereocenters. The van der Waals surface area contributed by atoms with E-state index in [1.54, 1.807) is 0 Å². The van der Waals surface area contributed by atoms with Crippen molar-refractivity contribution in [3.05, 3.63) is 0 Å². The Balaban J connectivity index is 2.72. The first-order valence-corrected chi connectivity index (χ1v) is 6.04. The number of nitrogens with zero attached hydrogens (tertiary/aromatic N) is 1. The molecule has 1 atom stereocenters. The lowest BCUT2D eigenvalue weighted by molar-refractivity contribution is -0.144. The van der Waals surface area contributed by atoms with Crippen LogP contribution in [0.15, 0.2) is 0 Å². The molecule has 0 spiro atoms. The fraction of sp³-hybridized carbons (Fsp3) is 0.917. The minimum Gasteiger partial charge on any atom is -0.338 e. The molecule has 3 heteroatoms. The van der Waals surface area contributed by atoms with Crippen molar-refractivity contribution in [2.75, 3.05) is 13.1 Å². The molecule has 1 fully saturated rings. The number of nitrogens with two attached hydrogens (primary N) is 1. The van der Waals surface area contributed by atoms with Gasteiger partial charge in [0.2, 0.25) is 5.91 Å². The van der Waals surface area contributed by atoms with Crippen molar-refractivity contribution in [1.82, 2.24) is 4.90 Å². The first kappa shape index (κ1) is 12.5. The summed E-state index contributed by atoms with van der Waals surface area (Å²) < 4.78 is 0. The van der Waals surface area contributed by atoms with Gasteiger partial charge in [0, 0.05) is 24.5 Å². The highest BCUT2D eigenvalue weighted by molar-refractivity contribution is 5.82. The van der Waals surface area contributed by atoms with Gasteiger partial charge < -0.3 is 10.6 Å². The quantitative estimate of drug-likeness (QED) is 0.775. The van der Waals surface area contributed by atoms with Crippen LogP contribution in [0.1, 0.15) is 46.5 Å². The van der Waals surface area contributed by atoms with Crippen LogP contribution in [-0.4, -0.2) is 29.9 Å². The highest BCUT2D eigenvalue weighted by Gasteiger charge is 2.34. The van der Waals surface area contributed by atoms with E-state index in [2.05, 4.69) is 6.92 Å². The number of carbonyl (C=O) groups is 1. The molecule has 0 aromatic carbocycles. The Morgan fingerprint density at radius 3 is 2.67 bits per heavy atom. The molecular formula is C12H24N2O. The molecule has 1 amide bonds. The van der Waals surface area contributed by atoms with Crippen LogP contribution < -0.4 is 5.73 Å². The number of carbonyl (C=O) groups excluding carboxylic acids is 1. The Kier molecular flexibility index (Phi) is 4.14. The van der Waals surface area contributed by atoms with E-state index < -0.39 is 0 Å². The fourth-order valence-corrected chi connectivity index (χ4v) is 2.05. The standard InChI is InChI=1S/C12H24N2O/c1-4-12(2,3)11(15)14-8-6-5-7-10(14)9-13/h10H,4-9,13H2,1-3H3. The van der Waals surface area contributed by atoms with Crippen molar-refractivity contribution in [3.63, 3.8) is 0 Å². The maximum atomic E-state index is 12.3. The fourth-order valence-electron chi connectivity index (χ4n) is 2.05. The Morgan fingerprint density at radius 2 is 2.13 bits per heavy atom. The zero-order valence-corrected chi connectivity index (χ0v) is 10.3. The van der Waals surface area contributed by atoms with Crippen molar-refractivity contribution >= 4 is 5.91 Å². The van der Waals surface area contributed by atoms with Gasteiger partial charge in [0.25, 0.3) is 0 Å². The molecule has 88 valence electrons. The van der Waals surface area contributed by atoms with E-state index in [1.807, 2.05) is 18.7 Å². The van der Waals surface area contributed by atoms with Crippen LogP contribution in [0.25, 0.3) is 0 Å². The average molecular weight is 212 g/mol. The summed E-state index contributed by atoms with van der Waals surface area (Å²) in [5.41, 5.74) is 5.49. The topological polar surface area (TPSA) is 46.3 Å². The first-order chi connectivity index (χ1) is 7.03. The number of piperidine rings is 1. The molecule has 1 aliphatic heterocycles. The molecule has 2 N–H and O–H groups in total. The highest BCUT2D eigenvalue weighted by Crippen LogP contribution is 2.27. The molecule has 0 aromatic rings. The van der Waals surface area contributed by atoms with Crippen molar-refractivity contribution in [2.45, 2.75) is 52.5 Å². The zero-order valence-electron chi connectivity index (χ0n) is 10.3. The Hall–Kier alpha value is -0.570. The molecule has 0 bridgehead atoms. The second kappa shape index (κ2) is 4.97. The van der Waals surface area contributed by atoms with Crippen LogP contribution in [0.4, 0.5) is 0 Å². The molecule has 1 aliphatic rings. The van der Waals surface area contributed by atoms with E-state index in [1.165, 1.54) is 6.42 Å². The van der Waals surface area contributed by atoms with Crippen molar-refractivity contribution in [2.24, 2.45) is 11.1 Å². The second-order valence-electron chi connectivity index (χ2n) is 5.12. The van der Waals surface area contributed by atoms with Gasteiger partial charge in [-0.25, -0.2) is 0 Å². The molecule has 0 aromatic heterocycles. The van der Waals surface area contributed by atoms with Crippen LogP contribution in [0.2, 0.25) is 0 Å². The zero-order chi connectivity index (χ0) is 11.5. The summed E-state index contributed by atoms with van der Waals surface area (Å²) in [5, 5.41) is 0. The Labute approximate surface area is 93.0 Å². The number of amides is 1. The lowest BCUT2D eigenvalue weighted by Gasteiger charge is -2.39. The van der Waals surface area contributed by atoms with Gasteiger partial charge in [0.15, 0.2) is 0 Å². The second-order valence-corrected chi connectivity index (χ2v) is 5.12. The smallest absolute Gasteiger partial charge is 0.228 e. The van der Waals surface area contributed by atoms with Gasteiger partial charge >= 0.3 is 0 Å². The van der Waals surface area contributed by atoms with Crippen LogP contribution in [0, 0.1) is 5.41 Å². The van der Waals surface area contributed by atoms with E-state index in [0.29, 0.717) is 6.54 Å². The molecular weight excluding hydrogens is 188 g/mol. The van der Waals surface area contributed by atoms with E-state index in [-0.39, 0.29) is 17.4 Å². The molecule has 0 aliphatic carbocycles. The molecule has 1 rings (SSSR count). The van der Waals surface area contributed by atoms with E-state index in [0.717, 1.165) is 25.8 Å².